The van der Waals surface area contributed by atoms with Gasteiger partial charge in [0.25, 0.3) is 0 Å². The summed E-state index contributed by atoms with van der Waals surface area (Å²) in [6.45, 7) is 0. The van der Waals surface area contributed by atoms with Crippen molar-refractivity contribution in [3.63, 3.8) is 0 Å². The Bertz CT molecular complexity index is 884. The molecular weight excluding hydrogens is 523 g/mol. The third-order valence-electron chi connectivity index (χ3n) is 5.14. The second-order valence-corrected chi connectivity index (χ2v) is 21.4. The zero-order valence-corrected chi connectivity index (χ0v) is 19.3. The van der Waals surface area contributed by atoms with Crippen molar-refractivity contribution in [3.05, 3.63) is 115 Å². The first-order valence-corrected chi connectivity index (χ1v) is 16.9. The Morgan fingerprint density at radius 3 is 1.11 bits per heavy atom. The average Bonchev–Trinajstić information content (AvgIpc) is 2.77. The third kappa shape index (κ3) is 3.32. The fourth-order valence-corrected chi connectivity index (χ4v) is 22.3. The molecule has 0 heterocycles. The van der Waals surface area contributed by atoms with Gasteiger partial charge in [-0.25, -0.2) is 0 Å². The van der Waals surface area contributed by atoms with Crippen LogP contribution in [0.15, 0.2) is 115 Å². The molecule has 0 aliphatic heterocycles. The molecule has 0 aromatic heterocycles. The van der Waals surface area contributed by atoms with Crippen LogP contribution in [0.25, 0.3) is 0 Å². The summed E-state index contributed by atoms with van der Waals surface area (Å²) in [5, 5.41) is 0. The molecule has 4 aromatic carbocycles. The van der Waals surface area contributed by atoms with Gasteiger partial charge < -0.3 is 0 Å². The van der Waals surface area contributed by atoms with Crippen LogP contribution in [0.1, 0.15) is 0 Å². The Morgan fingerprint density at radius 1 is 0.444 bits per heavy atom. The monoisotopic (exact) mass is 546 g/mol. The molecule has 0 aliphatic rings. The van der Waals surface area contributed by atoms with E-state index >= 15 is 0 Å². The standard InChI is InChI=1S/C7H7O.3C6H5.Pb/c1-8-7-5-3-2-4-6-7;3*1-2-4-6-5-3-1;/h3-6H,1H3;3*1-5H;. The zero-order valence-electron chi connectivity index (χ0n) is 15.4. The number of hydrogen-bond donors (Lipinski definition) is 0. The molecule has 0 amide bonds. The van der Waals surface area contributed by atoms with E-state index in [4.69, 9.17) is 4.74 Å². The fourth-order valence-electron chi connectivity index (χ4n) is 3.91. The van der Waals surface area contributed by atoms with Crippen LogP contribution in [0.5, 0.6) is 5.75 Å². The predicted octanol–water partition coefficient (Wildman–Crippen LogP) is 3.07. The average molecular weight is 546 g/mol. The maximum atomic E-state index is 5.42. The molecule has 4 rings (SSSR count). The van der Waals surface area contributed by atoms with Crippen molar-refractivity contribution in [2.45, 2.75) is 0 Å². The molecule has 0 spiro atoms. The van der Waals surface area contributed by atoms with Crippen molar-refractivity contribution in [1.29, 1.82) is 0 Å². The number of hydrogen-bond acceptors (Lipinski definition) is 1. The normalized spacial score (nSPS) is 11.1. The van der Waals surface area contributed by atoms with Gasteiger partial charge in [-0.15, -0.1) is 0 Å². The van der Waals surface area contributed by atoms with E-state index in [1.165, 1.54) is 12.5 Å². The van der Waals surface area contributed by atoms with Crippen molar-refractivity contribution < 1.29 is 4.74 Å². The molecule has 0 bridgehead atoms. The molecule has 0 N–H and O–H groups in total. The van der Waals surface area contributed by atoms with E-state index < -0.39 is 21.2 Å². The summed E-state index contributed by atoms with van der Waals surface area (Å²) in [5.74, 6) is 0.898. The minimum atomic E-state index is -3.59. The molecule has 0 atom stereocenters. The summed E-state index contributed by atoms with van der Waals surface area (Å²) in [4.78, 5) is 0. The molecule has 0 fully saturated rings. The van der Waals surface area contributed by atoms with Gasteiger partial charge in [-0.1, -0.05) is 0 Å². The molecule has 27 heavy (non-hydrogen) atoms. The summed E-state index contributed by atoms with van der Waals surface area (Å²) in [6.07, 6.45) is 0. The molecule has 0 aliphatic carbocycles. The molecule has 1 nitrogen and oxygen atoms in total. The summed E-state index contributed by atoms with van der Waals surface area (Å²) in [6, 6.07) is 41.9. The van der Waals surface area contributed by atoms with Gasteiger partial charge in [0.15, 0.2) is 0 Å². The van der Waals surface area contributed by atoms with E-state index in [-0.39, 0.29) is 0 Å². The Hall–Kier alpha value is -2.40. The van der Waals surface area contributed by atoms with Crippen LogP contribution < -0.4 is 17.2 Å². The predicted molar refractivity (Wildman–Crippen MR) is 117 cm³/mol. The van der Waals surface area contributed by atoms with Crippen molar-refractivity contribution in [2.75, 3.05) is 7.11 Å². The van der Waals surface area contributed by atoms with Crippen molar-refractivity contribution in [2.24, 2.45) is 0 Å². The topological polar surface area (TPSA) is 9.23 Å². The van der Waals surface area contributed by atoms with E-state index in [2.05, 4.69) is 115 Å². The van der Waals surface area contributed by atoms with Crippen LogP contribution >= 0.6 is 0 Å². The summed E-state index contributed by atoms with van der Waals surface area (Å²) in [5.41, 5.74) is 0. The quantitative estimate of drug-likeness (QED) is 0.351. The molecule has 0 unspecified atom stereocenters. The molecule has 0 saturated heterocycles. The van der Waals surface area contributed by atoms with Gasteiger partial charge in [0, 0.05) is 0 Å². The number of rotatable bonds is 5. The van der Waals surface area contributed by atoms with Gasteiger partial charge in [0.2, 0.25) is 0 Å². The summed E-state index contributed by atoms with van der Waals surface area (Å²) in [7, 11) is 1.72. The van der Waals surface area contributed by atoms with E-state index in [0.717, 1.165) is 5.75 Å². The van der Waals surface area contributed by atoms with E-state index in [1.54, 1.807) is 7.11 Å². The van der Waals surface area contributed by atoms with Crippen LogP contribution in [0.2, 0.25) is 0 Å². The molecule has 0 radical (unpaired) electrons. The van der Waals surface area contributed by atoms with Crippen LogP contribution in [0.3, 0.4) is 0 Å². The first kappa shape index (κ1) is 18.0. The van der Waals surface area contributed by atoms with Gasteiger partial charge in [-0.2, -0.15) is 0 Å². The number of methoxy groups -OCH3 is 1. The van der Waals surface area contributed by atoms with Gasteiger partial charge in [0.1, 0.15) is 0 Å². The van der Waals surface area contributed by atoms with Gasteiger partial charge in [0.05, 0.1) is 0 Å². The molecule has 0 saturated carbocycles. The molecular formula is C25H22OPb. The summed E-state index contributed by atoms with van der Waals surface area (Å²) < 4.78 is 11.3. The van der Waals surface area contributed by atoms with Crippen molar-refractivity contribution >= 4 is 33.7 Å². The number of ether oxygens (including phenoxy) is 1. The van der Waals surface area contributed by atoms with Crippen molar-refractivity contribution in [1.82, 2.24) is 0 Å². The third-order valence-corrected chi connectivity index (χ3v) is 23.8. The minimum absolute atomic E-state index is 0.898. The Labute approximate surface area is 165 Å². The van der Waals surface area contributed by atoms with Crippen LogP contribution in [-0.4, -0.2) is 28.3 Å². The Kier molecular flexibility index (Phi) is 5.39. The second kappa shape index (κ2) is 8.09. The van der Waals surface area contributed by atoms with Crippen LogP contribution in [-0.2, 0) is 0 Å². The molecule has 4 aromatic rings. The van der Waals surface area contributed by atoms with E-state index in [1.807, 2.05) is 0 Å². The van der Waals surface area contributed by atoms with Crippen molar-refractivity contribution in [3.8, 4) is 5.75 Å². The van der Waals surface area contributed by atoms with Gasteiger partial charge >= 0.3 is 167 Å². The van der Waals surface area contributed by atoms with E-state index in [9.17, 15) is 0 Å². The maximum absolute atomic E-state index is 5.42. The fraction of sp³-hybridized carbons (Fsp3) is 0.0400. The first-order chi connectivity index (χ1) is 13.4. The Balaban J connectivity index is 2.09. The Morgan fingerprint density at radius 2 is 0.778 bits per heavy atom. The molecule has 2 heteroatoms. The van der Waals surface area contributed by atoms with Crippen LogP contribution in [0.4, 0.5) is 0 Å². The van der Waals surface area contributed by atoms with E-state index in [0.29, 0.717) is 0 Å². The second-order valence-electron chi connectivity index (χ2n) is 6.58. The first-order valence-electron chi connectivity index (χ1n) is 9.17. The summed E-state index contributed by atoms with van der Waals surface area (Å²) >= 11 is -3.59. The zero-order chi connectivity index (χ0) is 18.5. The SMILES string of the molecule is COc1cc[c]([Pb]([c]2ccccc2)([c]2ccccc2)[c]2ccccc2)cc1. The van der Waals surface area contributed by atoms with Gasteiger partial charge in [-0.3, -0.25) is 0 Å². The molecule has 132 valence electrons. The number of benzene rings is 4. The van der Waals surface area contributed by atoms with Crippen LogP contribution in [0, 0.1) is 0 Å². The van der Waals surface area contributed by atoms with Gasteiger partial charge in [-0.05, 0) is 0 Å².